The molecular formula is C69H106O6. The highest BCUT2D eigenvalue weighted by Gasteiger charge is 2.19. The first-order valence-corrected chi connectivity index (χ1v) is 29.6. The van der Waals surface area contributed by atoms with Crippen molar-refractivity contribution in [3.63, 3.8) is 0 Å². The molecule has 0 heterocycles. The molecule has 1 unspecified atom stereocenters. The topological polar surface area (TPSA) is 78.9 Å². The zero-order chi connectivity index (χ0) is 54.3. The molecule has 6 heteroatoms. The van der Waals surface area contributed by atoms with Crippen LogP contribution in [0.4, 0.5) is 0 Å². The molecule has 0 aromatic rings. The Morgan fingerprint density at radius 3 is 0.840 bits per heavy atom. The van der Waals surface area contributed by atoms with Gasteiger partial charge in [-0.1, -0.05) is 242 Å². The molecule has 0 spiro atoms. The molecule has 1 atom stereocenters. The Bertz CT molecular complexity index is 1750. The summed E-state index contributed by atoms with van der Waals surface area (Å²) in [5.41, 5.74) is 0. The van der Waals surface area contributed by atoms with Crippen LogP contribution < -0.4 is 0 Å². The summed E-state index contributed by atoms with van der Waals surface area (Å²) >= 11 is 0. The van der Waals surface area contributed by atoms with Gasteiger partial charge in [0, 0.05) is 19.3 Å². The highest BCUT2D eigenvalue weighted by atomic mass is 16.6. The molecular weight excluding hydrogens is 925 g/mol. The minimum Gasteiger partial charge on any atom is -0.462 e. The second-order valence-electron chi connectivity index (χ2n) is 18.8. The standard InChI is InChI=1S/C69H106O6/c1-4-7-10-13-15-17-19-21-23-25-27-29-30-31-32-33-34-35-36-37-38-40-41-43-45-47-49-51-53-56-59-62-68(71)74-65-66(64-73-67(70)61-58-55-12-9-6-3)75-69(72)63-60-57-54-52-50-48-46-44-42-39-28-26-24-22-20-18-16-14-11-8-5-2/h7-8,10-11,15-18,21-24,27-29,31-32,34-35,37-39,41,43-44,46,50,52,66H,4-6,9,12-14,19-20,25-26,30,33,36,40,42,45,47-49,51,53-65H2,1-3H3/b10-7-,11-8-,17-15-,18-16-,23-21-,24-22-,29-27-,32-31-,35-34-,38-37-,39-28-,43-41-,46-44-,52-50-. The van der Waals surface area contributed by atoms with Gasteiger partial charge in [-0.2, -0.15) is 0 Å². The Morgan fingerprint density at radius 2 is 0.520 bits per heavy atom. The summed E-state index contributed by atoms with van der Waals surface area (Å²) in [5, 5.41) is 0. The monoisotopic (exact) mass is 1030 g/mol. The summed E-state index contributed by atoms with van der Waals surface area (Å²) in [7, 11) is 0. The van der Waals surface area contributed by atoms with E-state index < -0.39 is 6.10 Å². The smallest absolute Gasteiger partial charge is 0.306 e. The first-order valence-electron chi connectivity index (χ1n) is 29.6. The lowest BCUT2D eigenvalue weighted by Crippen LogP contribution is -2.30. The second-order valence-corrected chi connectivity index (χ2v) is 18.8. The number of ether oxygens (including phenoxy) is 3. The number of hydrogen-bond acceptors (Lipinski definition) is 6. The highest BCUT2D eigenvalue weighted by molar-refractivity contribution is 5.71. The molecule has 0 saturated heterocycles. The van der Waals surface area contributed by atoms with Crippen LogP contribution in [-0.4, -0.2) is 37.2 Å². The zero-order valence-electron chi connectivity index (χ0n) is 47.7. The number of carbonyl (C=O) groups excluding carboxylic acids is 3. The summed E-state index contributed by atoms with van der Waals surface area (Å²) in [5.74, 6) is -0.993. The van der Waals surface area contributed by atoms with E-state index in [1.54, 1.807) is 0 Å². The molecule has 0 N–H and O–H groups in total. The van der Waals surface area contributed by atoms with Gasteiger partial charge >= 0.3 is 17.9 Å². The molecule has 0 rings (SSSR count). The normalized spacial score (nSPS) is 13.4. The number of rotatable bonds is 51. The largest absolute Gasteiger partial charge is 0.462 e. The fourth-order valence-corrected chi connectivity index (χ4v) is 7.34. The first kappa shape index (κ1) is 69.8. The van der Waals surface area contributed by atoms with E-state index in [2.05, 4.69) is 191 Å². The fourth-order valence-electron chi connectivity index (χ4n) is 7.34. The number of esters is 3. The van der Waals surface area contributed by atoms with Gasteiger partial charge in [0.15, 0.2) is 6.10 Å². The van der Waals surface area contributed by atoms with E-state index in [0.717, 1.165) is 167 Å². The molecule has 0 aliphatic carbocycles. The molecule has 0 aliphatic rings. The molecule has 418 valence electrons. The van der Waals surface area contributed by atoms with Gasteiger partial charge in [-0.3, -0.25) is 14.4 Å². The number of carbonyl (C=O) groups is 3. The molecule has 0 aromatic carbocycles. The van der Waals surface area contributed by atoms with Crippen molar-refractivity contribution in [1.29, 1.82) is 0 Å². The summed E-state index contributed by atoms with van der Waals surface area (Å²) in [6.07, 6.45) is 91.1. The maximum atomic E-state index is 12.8. The molecule has 0 aromatic heterocycles. The average molecular weight is 1030 g/mol. The van der Waals surface area contributed by atoms with Crippen molar-refractivity contribution in [1.82, 2.24) is 0 Å². The summed E-state index contributed by atoms with van der Waals surface area (Å²) in [4.78, 5) is 37.8. The third kappa shape index (κ3) is 59.5. The van der Waals surface area contributed by atoms with Gasteiger partial charge in [-0.05, 0) is 135 Å². The van der Waals surface area contributed by atoms with E-state index in [1.807, 2.05) is 0 Å². The molecule has 0 fully saturated rings. The van der Waals surface area contributed by atoms with Gasteiger partial charge in [0.2, 0.25) is 0 Å². The van der Waals surface area contributed by atoms with Gasteiger partial charge in [0.25, 0.3) is 0 Å². The van der Waals surface area contributed by atoms with Crippen LogP contribution >= 0.6 is 0 Å². The number of allylic oxidation sites excluding steroid dienone is 28. The summed E-state index contributed by atoms with van der Waals surface area (Å²) in [6, 6.07) is 0. The second kappa shape index (κ2) is 61.3. The number of hydrogen-bond donors (Lipinski definition) is 0. The Hall–Kier alpha value is -5.23. The van der Waals surface area contributed by atoms with Crippen LogP contribution in [0.25, 0.3) is 0 Å². The third-order valence-electron chi connectivity index (χ3n) is 11.7. The Morgan fingerprint density at radius 1 is 0.280 bits per heavy atom. The quantitative estimate of drug-likeness (QED) is 0.0261. The predicted octanol–water partition coefficient (Wildman–Crippen LogP) is 20.3. The Kier molecular flexibility index (Phi) is 57.0. The van der Waals surface area contributed by atoms with Crippen LogP contribution in [-0.2, 0) is 28.6 Å². The van der Waals surface area contributed by atoms with Crippen LogP contribution in [0.15, 0.2) is 170 Å². The van der Waals surface area contributed by atoms with E-state index in [4.69, 9.17) is 14.2 Å². The molecule has 6 nitrogen and oxygen atoms in total. The minimum absolute atomic E-state index is 0.109. The van der Waals surface area contributed by atoms with Crippen LogP contribution in [0.5, 0.6) is 0 Å². The maximum absolute atomic E-state index is 12.8. The molecule has 0 amide bonds. The van der Waals surface area contributed by atoms with E-state index in [0.29, 0.717) is 19.3 Å². The lowest BCUT2D eigenvalue weighted by atomic mass is 10.1. The van der Waals surface area contributed by atoms with E-state index in [1.165, 1.54) is 12.8 Å². The maximum Gasteiger partial charge on any atom is 0.306 e. The zero-order valence-corrected chi connectivity index (χ0v) is 47.7. The molecule has 0 saturated carbocycles. The van der Waals surface area contributed by atoms with Gasteiger partial charge in [0.1, 0.15) is 13.2 Å². The molecule has 0 aliphatic heterocycles. The van der Waals surface area contributed by atoms with Crippen molar-refractivity contribution >= 4 is 17.9 Å². The van der Waals surface area contributed by atoms with Gasteiger partial charge in [-0.15, -0.1) is 0 Å². The van der Waals surface area contributed by atoms with E-state index >= 15 is 0 Å². The highest BCUT2D eigenvalue weighted by Crippen LogP contribution is 2.12. The van der Waals surface area contributed by atoms with Crippen molar-refractivity contribution < 1.29 is 28.6 Å². The van der Waals surface area contributed by atoms with Crippen molar-refractivity contribution in [3.8, 4) is 0 Å². The molecule has 0 radical (unpaired) electrons. The Labute approximate surface area is 460 Å². The van der Waals surface area contributed by atoms with Crippen molar-refractivity contribution in [2.75, 3.05) is 13.2 Å². The summed E-state index contributed by atoms with van der Waals surface area (Å²) < 4.78 is 16.7. The van der Waals surface area contributed by atoms with Crippen molar-refractivity contribution in [2.24, 2.45) is 0 Å². The van der Waals surface area contributed by atoms with Crippen molar-refractivity contribution in [2.45, 2.75) is 232 Å². The van der Waals surface area contributed by atoms with Crippen LogP contribution in [0.1, 0.15) is 226 Å². The van der Waals surface area contributed by atoms with Gasteiger partial charge in [0.05, 0.1) is 0 Å². The lowest BCUT2D eigenvalue weighted by Gasteiger charge is -2.18. The SMILES string of the molecule is CC/C=C\C/C=C\C/C=C\C/C=C\C/C=C\C/C=C\C/C=C\C/C=C\CCCCCCCCC(=O)OCC(COC(=O)CCCCCCC)OC(=O)CCCC/C=C\C/C=C\C/C=C\C/C=C\C/C=C\C/C=C\CC. The summed E-state index contributed by atoms with van der Waals surface area (Å²) in [6.45, 7) is 6.25. The Balaban J connectivity index is 4.23. The minimum atomic E-state index is -0.813. The third-order valence-corrected chi connectivity index (χ3v) is 11.7. The fraction of sp³-hybridized carbons (Fsp3) is 0.551. The van der Waals surface area contributed by atoms with Crippen LogP contribution in [0.3, 0.4) is 0 Å². The van der Waals surface area contributed by atoms with Gasteiger partial charge in [-0.25, -0.2) is 0 Å². The van der Waals surface area contributed by atoms with Crippen LogP contribution in [0, 0.1) is 0 Å². The first-order chi connectivity index (χ1) is 37.0. The lowest BCUT2D eigenvalue weighted by molar-refractivity contribution is -0.167. The predicted molar refractivity (Wildman–Crippen MR) is 325 cm³/mol. The van der Waals surface area contributed by atoms with E-state index in [-0.39, 0.29) is 37.5 Å². The molecule has 75 heavy (non-hydrogen) atoms. The number of unbranched alkanes of at least 4 members (excludes halogenated alkanes) is 12. The molecule has 0 bridgehead atoms. The van der Waals surface area contributed by atoms with Crippen LogP contribution in [0.2, 0.25) is 0 Å². The van der Waals surface area contributed by atoms with Gasteiger partial charge < -0.3 is 14.2 Å². The van der Waals surface area contributed by atoms with Crippen molar-refractivity contribution in [3.05, 3.63) is 170 Å². The average Bonchev–Trinajstić information content (AvgIpc) is 3.41. The van der Waals surface area contributed by atoms with E-state index in [9.17, 15) is 14.4 Å².